The molecule has 0 radical (unpaired) electrons. The number of nitrogens with zero attached hydrogens (tertiary/aromatic N) is 4. The Morgan fingerprint density at radius 3 is 2.52 bits per heavy atom. The van der Waals surface area contributed by atoms with Crippen molar-refractivity contribution in [2.75, 3.05) is 5.32 Å². The number of fused-ring (bicyclic) bond motifs is 1. The maximum atomic E-state index is 14.8. The van der Waals surface area contributed by atoms with Gasteiger partial charge in [-0.15, -0.1) is 0 Å². The topological polar surface area (TPSA) is 63.6 Å². The van der Waals surface area contributed by atoms with E-state index in [4.69, 9.17) is 0 Å². The highest BCUT2D eigenvalue weighted by Gasteiger charge is 2.10. The van der Waals surface area contributed by atoms with E-state index in [2.05, 4.69) is 25.3 Å². The molecule has 1 aromatic carbocycles. The molecule has 0 fully saturated rings. The average molecular weight is 436 g/mol. The van der Waals surface area contributed by atoms with Gasteiger partial charge in [0.25, 0.3) is 0 Å². The second-order valence-corrected chi connectivity index (χ2v) is 8.03. The van der Waals surface area contributed by atoms with Gasteiger partial charge in [0.1, 0.15) is 17.3 Å². The van der Waals surface area contributed by atoms with Gasteiger partial charge in [-0.05, 0) is 61.2 Å². The summed E-state index contributed by atoms with van der Waals surface area (Å²) in [6, 6.07) is 17.1. The lowest BCUT2D eigenvalue weighted by atomic mass is 10.1. The lowest BCUT2D eigenvalue weighted by molar-refractivity contribution is 0.623. The second kappa shape index (κ2) is 8.74. The summed E-state index contributed by atoms with van der Waals surface area (Å²) in [7, 11) is 0. The third kappa shape index (κ3) is 4.41. The molecule has 5 rings (SSSR count). The SMILES string of the molecule is Cc1cccc(-c2ncc(CNc3nccc4cc(-c5ccnc(C)c5)ncc34)cc2F)c1. The van der Waals surface area contributed by atoms with E-state index < -0.39 is 0 Å². The summed E-state index contributed by atoms with van der Waals surface area (Å²) in [5.41, 5.74) is 5.77. The molecule has 33 heavy (non-hydrogen) atoms. The van der Waals surface area contributed by atoms with Gasteiger partial charge >= 0.3 is 0 Å². The molecule has 5 aromatic rings. The number of nitrogens with one attached hydrogen (secondary N) is 1. The van der Waals surface area contributed by atoms with Crippen LogP contribution in [-0.4, -0.2) is 19.9 Å². The summed E-state index contributed by atoms with van der Waals surface area (Å²) in [4.78, 5) is 17.7. The zero-order valence-electron chi connectivity index (χ0n) is 18.4. The van der Waals surface area contributed by atoms with Crippen molar-refractivity contribution in [2.45, 2.75) is 20.4 Å². The van der Waals surface area contributed by atoms with E-state index >= 15 is 0 Å². The molecule has 0 aliphatic heterocycles. The van der Waals surface area contributed by atoms with Crippen molar-refractivity contribution in [2.24, 2.45) is 0 Å². The molecular formula is C27H22FN5. The summed E-state index contributed by atoms with van der Waals surface area (Å²) in [6.45, 7) is 4.34. The van der Waals surface area contributed by atoms with Crippen LogP contribution in [0.2, 0.25) is 0 Å². The van der Waals surface area contributed by atoms with Gasteiger partial charge in [-0.1, -0.05) is 23.8 Å². The first-order valence-corrected chi connectivity index (χ1v) is 10.7. The lowest BCUT2D eigenvalue weighted by Crippen LogP contribution is -2.04. The summed E-state index contributed by atoms with van der Waals surface area (Å²) in [5.74, 6) is 0.352. The highest BCUT2D eigenvalue weighted by molar-refractivity contribution is 5.93. The Bertz CT molecular complexity index is 1460. The Balaban J connectivity index is 1.38. The highest BCUT2D eigenvalue weighted by Crippen LogP contribution is 2.26. The number of anilines is 1. The summed E-state index contributed by atoms with van der Waals surface area (Å²) in [5, 5.41) is 5.22. The highest BCUT2D eigenvalue weighted by atomic mass is 19.1. The van der Waals surface area contributed by atoms with Crippen molar-refractivity contribution < 1.29 is 4.39 Å². The molecular weight excluding hydrogens is 413 g/mol. The van der Waals surface area contributed by atoms with Crippen molar-refractivity contribution in [1.82, 2.24) is 19.9 Å². The molecule has 0 amide bonds. The summed E-state index contributed by atoms with van der Waals surface area (Å²) in [6.07, 6.45) is 7.05. The fourth-order valence-corrected chi connectivity index (χ4v) is 3.84. The van der Waals surface area contributed by atoms with Crippen LogP contribution in [0.5, 0.6) is 0 Å². The van der Waals surface area contributed by atoms with Crippen LogP contribution in [0, 0.1) is 19.7 Å². The van der Waals surface area contributed by atoms with Crippen LogP contribution in [0.3, 0.4) is 0 Å². The maximum absolute atomic E-state index is 14.8. The summed E-state index contributed by atoms with van der Waals surface area (Å²) < 4.78 is 14.8. The third-order valence-corrected chi connectivity index (χ3v) is 5.49. The average Bonchev–Trinajstić information content (AvgIpc) is 2.82. The molecule has 4 heterocycles. The maximum Gasteiger partial charge on any atom is 0.149 e. The van der Waals surface area contributed by atoms with E-state index in [1.807, 2.05) is 68.6 Å². The van der Waals surface area contributed by atoms with Crippen LogP contribution in [-0.2, 0) is 6.54 Å². The van der Waals surface area contributed by atoms with E-state index in [-0.39, 0.29) is 5.82 Å². The van der Waals surface area contributed by atoms with Gasteiger partial charge in [-0.25, -0.2) is 9.37 Å². The minimum atomic E-state index is -0.343. The molecule has 0 aliphatic rings. The Morgan fingerprint density at radius 2 is 1.70 bits per heavy atom. The number of benzene rings is 1. The molecule has 4 aromatic heterocycles. The number of pyridine rings is 4. The van der Waals surface area contributed by atoms with Crippen molar-refractivity contribution in [3.05, 3.63) is 102 Å². The monoisotopic (exact) mass is 435 g/mol. The first-order valence-electron chi connectivity index (χ1n) is 10.7. The third-order valence-electron chi connectivity index (χ3n) is 5.49. The quantitative estimate of drug-likeness (QED) is 0.360. The van der Waals surface area contributed by atoms with Gasteiger partial charge in [-0.3, -0.25) is 15.0 Å². The molecule has 162 valence electrons. The molecule has 0 saturated carbocycles. The lowest BCUT2D eigenvalue weighted by Gasteiger charge is -2.11. The minimum Gasteiger partial charge on any atom is -0.365 e. The zero-order valence-corrected chi connectivity index (χ0v) is 18.4. The Labute approximate surface area is 191 Å². The molecule has 6 heteroatoms. The number of halogens is 1. The molecule has 0 atom stereocenters. The number of aromatic nitrogens is 4. The second-order valence-electron chi connectivity index (χ2n) is 8.03. The molecule has 5 nitrogen and oxygen atoms in total. The van der Waals surface area contributed by atoms with E-state index in [0.717, 1.165) is 44.4 Å². The molecule has 0 spiro atoms. The predicted octanol–water partition coefficient (Wildman–Crippen LogP) is 6.12. The molecule has 0 unspecified atom stereocenters. The summed E-state index contributed by atoms with van der Waals surface area (Å²) >= 11 is 0. The van der Waals surface area contributed by atoms with Gasteiger partial charge in [0, 0.05) is 53.5 Å². The number of hydrogen-bond donors (Lipinski definition) is 1. The number of hydrogen-bond acceptors (Lipinski definition) is 5. The van der Waals surface area contributed by atoms with E-state index in [0.29, 0.717) is 18.1 Å². The Morgan fingerprint density at radius 1 is 0.818 bits per heavy atom. The smallest absolute Gasteiger partial charge is 0.149 e. The standard InChI is InChI=1S/C27H22FN5/c1-17-4-3-5-22(10-17)26-24(28)12-19(14-32-26)15-33-27-23-16-31-25(13-20(23)6-9-30-27)21-7-8-29-18(2)11-21/h3-14,16H,15H2,1-2H3,(H,30,33). The molecule has 0 bridgehead atoms. The van der Waals surface area contributed by atoms with Gasteiger partial charge in [0.2, 0.25) is 0 Å². The van der Waals surface area contributed by atoms with Crippen molar-refractivity contribution in [1.29, 1.82) is 0 Å². The van der Waals surface area contributed by atoms with Crippen LogP contribution in [0.15, 0.2) is 79.4 Å². The van der Waals surface area contributed by atoms with Crippen LogP contribution in [0.25, 0.3) is 33.3 Å². The van der Waals surface area contributed by atoms with Crippen LogP contribution in [0.1, 0.15) is 16.8 Å². The zero-order chi connectivity index (χ0) is 22.8. The Hall–Kier alpha value is -4.19. The van der Waals surface area contributed by atoms with Crippen LogP contribution in [0.4, 0.5) is 10.2 Å². The van der Waals surface area contributed by atoms with Crippen LogP contribution >= 0.6 is 0 Å². The molecule has 1 N–H and O–H groups in total. The van der Waals surface area contributed by atoms with Crippen molar-refractivity contribution in [3.63, 3.8) is 0 Å². The normalized spacial score (nSPS) is 11.0. The van der Waals surface area contributed by atoms with Gasteiger partial charge in [0.05, 0.1) is 5.69 Å². The van der Waals surface area contributed by atoms with Crippen molar-refractivity contribution in [3.8, 4) is 22.5 Å². The predicted molar refractivity (Wildman–Crippen MR) is 129 cm³/mol. The first kappa shape index (κ1) is 20.7. The first-order chi connectivity index (χ1) is 16.1. The molecule has 0 aliphatic carbocycles. The van der Waals surface area contributed by atoms with Gasteiger partial charge in [0.15, 0.2) is 0 Å². The fraction of sp³-hybridized carbons (Fsp3) is 0.111. The van der Waals surface area contributed by atoms with E-state index in [9.17, 15) is 4.39 Å². The largest absolute Gasteiger partial charge is 0.365 e. The fourth-order valence-electron chi connectivity index (χ4n) is 3.84. The van der Waals surface area contributed by atoms with Gasteiger partial charge < -0.3 is 5.32 Å². The van der Waals surface area contributed by atoms with E-state index in [1.54, 1.807) is 18.6 Å². The van der Waals surface area contributed by atoms with Crippen molar-refractivity contribution >= 4 is 16.6 Å². The van der Waals surface area contributed by atoms with Gasteiger partial charge in [-0.2, -0.15) is 0 Å². The van der Waals surface area contributed by atoms with Crippen LogP contribution < -0.4 is 5.32 Å². The Kier molecular flexibility index (Phi) is 5.48. The minimum absolute atomic E-state index is 0.343. The number of rotatable bonds is 5. The van der Waals surface area contributed by atoms with E-state index in [1.165, 1.54) is 6.07 Å². The number of aryl methyl sites for hydroxylation is 2. The molecule has 0 saturated heterocycles.